The number of nitrogens with zero attached hydrogens (tertiary/aromatic N) is 2. The number of nitrogens with one attached hydrogen (secondary N) is 1. The lowest BCUT2D eigenvalue weighted by molar-refractivity contribution is 0.393. The second kappa shape index (κ2) is 6.43. The summed E-state index contributed by atoms with van der Waals surface area (Å²) in [5.74, 6) is 1.31. The van der Waals surface area contributed by atoms with E-state index in [9.17, 15) is 0 Å². The summed E-state index contributed by atoms with van der Waals surface area (Å²) in [5.41, 5.74) is 1.02. The van der Waals surface area contributed by atoms with Gasteiger partial charge in [0.1, 0.15) is 6.33 Å². The molecule has 16 heavy (non-hydrogen) atoms. The highest BCUT2D eigenvalue weighted by molar-refractivity contribution is 5.14. The maximum absolute atomic E-state index is 5.08. The zero-order valence-corrected chi connectivity index (χ0v) is 10.5. The van der Waals surface area contributed by atoms with Crippen LogP contribution in [0.15, 0.2) is 12.4 Å². The van der Waals surface area contributed by atoms with Gasteiger partial charge in [0.05, 0.1) is 7.11 Å². The molecule has 1 atom stereocenters. The topological polar surface area (TPSA) is 47.0 Å². The minimum Gasteiger partial charge on any atom is -0.481 e. The number of rotatable bonds is 6. The molecule has 0 fully saturated rings. The van der Waals surface area contributed by atoms with Gasteiger partial charge in [-0.25, -0.2) is 9.97 Å². The molecule has 0 radical (unpaired) electrons. The van der Waals surface area contributed by atoms with Crippen molar-refractivity contribution in [2.75, 3.05) is 14.2 Å². The lowest BCUT2D eigenvalue weighted by Gasteiger charge is -2.17. The summed E-state index contributed by atoms with van der Waals surface area (Å²) >= 11 is 0. The van der Waals surface area contributed by atoms with Crippen LogP contribution >= 0.6 is 0 Å². The number of likely N-dealkylation sites (N-methyl/N-ethyl adjacent to an activating group) is 1. The van der Waals surface area contributed by atoms with Crippen LogP contribution in [0.1, 0.15) is 26.0 Å². The van der Waals surface area contributed by atoms with Gasteiger partial charge in [-0.3, -0.25) is 0 Å². The van der Waals surface area contributed by atoms with Gasteiger partial charge in [-0.2, -0.15) is 0 Å². The minimum atomic E-state index is 0.458. The van der Waals surface area contributed by atoms with Crippen molar-refractivity contribution in [3.05, 3.63) is 18.1 Å². The van der Waals surface area contributed by atoms with Crippen molar-refractivity contribution in [3.8, 4) is 5.88 Å². The molecule has 1 rings (SSSR count). The SMILES string of the molecule is CNC(Cc1cc(OC)ncn1)CC(C)C. The van der Waals surface area contributed by atoms with E-state index in [1.54, 1.807) is 13.4 Å². The monoisotopic (exact) mass is 223 g/mol. The first-order valence-corrected chi connectivity index (χ1v) is 5.68. The Labute approximate surface area is 97.5 Å². The summed E-state index contributed by atoms with van der Waals surface area (Å²) in [5, 5.41) is 3.32. The van der Waals surface area contributed by atoms with Crippen LogP contribution in [0.5, 0.6) is 5.88 Å². The molecule has 4 nitrogen and oxygen atoms in total. The van der Waals surface area contributed by atoms with Crippen molar-refractivity contribution in [3.63, 3.8) is 0 Å². The average molecular weight is 223 g/mol. The van der Waals surface area contributed by atoms with Crippen LogP contribution in [0.3, 0.4) is 0 Å². The van der Waals surface area contributed by atoms with Gasteiger partial charge in [-0.05, 0) is 19.4 Å². The maximum atomic E-state index is 5.08. The quantitative estimate of drug-likeness (QED) is 0.796. The Morgan fingerprint density at radius 2 is 2.12 bits per heavy atom. The predicted molar refractivity (Wildman–Crippen MR) is 64.6 cm³/mol. The molecular formula is C12H21N3O. The second-order valence-corrected chi connectivity index (χ2v) is 4.37. The number of aromatic nitrogens is 2. The zero-order chi connectivity index (χ0) is 12.0. The third-order valence-electron chi connectivity index (χ3n) is 2.53. The molecule has 0 aliphatic carbocycles. The molecule has 1 unspecified atom stereocenters. The third-order valence-corrected chi connectivity index (χ3v) is 2.53. The largest absolute Gasteiger partial charge is 0.481 e. The van der Waals surface area contributed by atoms with Gasteiger partial charge in [-0.15, -0.1) is 0 Å². The molecule has 1 heterocycles. The number of ether oxygens (including phenoxy) is 1. The van der Waals surface area contributed by atoms with Gasteiger partial charge >= 0.3 is 0 Å². The summed E-state index contributed by atoms with van der Waals surface area (Å²) < 4.78 is 5.08. The van der Waals surface area contributed by atoms with Crippen molar-refractivity contribution in [2.24, 2.45) is 5.92 Å². The summed E-state index contributed by atoms with van der Waals surface area (Å²) in [7, 11) is 3.61. The molecule has 0 spiro atoms. The summed E-state index contributed by atoms with van der Waals surface area (Å²) in [6, 6.07) is 2.35. The van der Waals surface area contributed by atoms with Crippen LogP contribution in [0, 0.1) is 5.92 Å². The number of methoxy groups -OCH3 is 1. The highest BCUT2D eigenvalue weighted by Crippen LogP contribution is 2.12. The molecule has 1 aromatic rings. The summed E-state index contributed by atoms with van der Waals surface area (Å²) in [6.45, 7) is 4.45. The molecule has 0 aliphatic heterocycles. The van der Waals surface area contributed by atoms with Crippen LogP contribution in [-0.2, 0) is 6.42 Å². The minimum absolute atomic E-state index is 0.458. The molecular weight excluding hydrogens is 202 g/mol. The van der Waals surface area contributed by atoms with E-state index in [4.69, 9.17) is 4.74 Å². The molecule has 1 aromatic heterocycles. The zero-order valence-electron chi connectivity index (χ0n) is 10.5. The standard InChI is InChI=1S/C12H21N3O/c1-9(2)5-10(13-3)6-11-7-12(16-4)15-8-14-11/h7-10,13H,5-6H2,1-4H3. The molecule has 90 valence electrons. The van der Waals surface area contributed by atoms with Crippen molar-refractivity contribution >= 4 is 0 Å². The van der Waals surface area contributed by atoms with Gasteiger partial charge < -0.3 is 10.1 Å². The van der Waals surface area contributed by atoms with Crippen molar-refractivity contribution < 1.29 is 4.74 Å². The fraction of sp³-hybridized carbons (Fsp3) is 0.667. The summed E-state index contributed by atoms with van der Waals surface area (Å²) in [6.07, 6.45) is 3.60. The summed E-state index contributed by atoms with van der Waals surface area (Å²) in [4.78, 5) is 8.25. The Kier molecular flexibility index (Phi) is 5.19. The van der Waals surface area contributed by atoms with E-state index in [-0.39, 0.29) is 0 Å². The Morgan fingerprint density at radius 3 is 2.69 bits per heavy atom. The van der Waals surface area contributed by atoms with Crippen LogP contribution in [0.4, 0.5) is 0 Å². The van der Waals surface area contributed by atoms with E-state index < -0.39 is 0 Å². The Balaban J connectivity index is 2.62. The smallest absolute Gasteiger partial charge is 0.216 e. The second-order valence-electron chi connectivity index (χ2n) is 4.37. The van der Waals surface area contributed by atoms with Crippen LogP contribution in [0.2, 0.25) is 0 Å². The van der Waals surface area contributed by atoms with Crippen LogP contribution < -0.4 is 10.1 Å². The predicted octanol–water partition coefficient (Wildman–Crippen LogP) is 1.66. The van der Waals surface area contributed by atoms with E-state index in [0.29, 0.717) is 17.8 Å². The van der Waals surface area contributed by atoms with Gasteiger partial charge in [0.15, 0.2) is 0 Å². The molecule has 0 amide bonds. The van der Waals surface area contributed by atoms with E-state index in [1.807, 2.05) is 13.1 Å². The highest BCUT2D eigenvalue weighted by Gasteiger charge is 2.10. The van der Waals surface area contributed by atoms with Gasteiger partial charge in [0.25, 0.3) is 0 Å². The van der Waals surface area contributed by atoms with Crippen molar-refractivity contribution in [1.29, 1.82) is 0 Å². The number of hydrogen-bond donors (Lipinski definition) is 1. The van der Waals surface area contributed by atoms with Crippen LogP contribution in [0.25, 0.3) is 0 Å². The molecule has 0 aromatic carbocycles. The fourth-order valence-corrected chi connectivity index (χ4v) is 1.72. The highest BCUT2D eigenvalue weighted by atomic mass is 16.5. The first-order valence-electron chi connectivity index (χ1n) is 5.68. The van der Waals surface area contributed by atoms with E-state index in [1.165, 1.54) is 0 Å². The van der Waals surface area contributed by atoms with Gasteiger partial charge in [-0.1, -0.05) is 13.8 Å². The first-order chi connectivity index (χ1) is 7.65. The molecule has 0 saturated heterocycles. The molecule has 0 saturated carbocycles. The Hall–Kier alpha value is -1.16. The molecule has 0 bridgehead atoms. The number of hydrogen-bond acceptors (Lipinski definition) is 4. The van der Waals surface area contributed by atoms with E-state index in [2.05, 4.69) is 29.1 Å². The first kappa shape index (κ1) is 12.9. The van der Waals surface area contributed by atoms with Crippen LogP contribution in [-0.4, -0.2) is 30.2 Å². The van der Waals surface area contributed by atoms with Crippen molar-refractivity contribution in [1.82, 2.24) is 15.3 Å². The lowest BCUT2D eigenvalue weighted by Crippen LogP contribution is -2.29. The molecule has 0 aliphatic rings. The maximum Gasteiger partial charge on any atom is 0.216 e. The average Bonchev–Trinajstić information content (AvgIpc) is 2.28. The van der Waals surface area contributed by atoms with Crippen molar-refractivity contribution in [2.45, 2.75) is 32.7 Å². The molecule has 4 heteroatoms. The Morgan fingerprint density at radius 1 is 1.38 bits per heavy atom. The Bertz CT molecular complexity index is 315. The third kappa shape index (κ3) is 4.14. The fourth-order valence-electron chi connectivity index (χ4n) is 1.72. The normalized spacial score (nSPS) is 12.8. The van der Waals surface area contributed by atoms with Gasteiger partial charge in [0.2, 0.25) is 5.88 Å². The molecule has 1 N–H and O–H groups in total. The van der Waals surface area contributed by atoms with E-state index >= 15 is 0 Å². The van der Waals surface area contributed by atoms with Gasteiger partial charge in [0, 0.05) is 24.2 Å². The lowest BCUT2D eigenvalue weighted by atomic mass is 10.00. The van der Waals surface area contributed by atoms with E-state index in [0.717, 1.165) is 18.5 Å².